The van der Waals surface area contributed by atoms with Gasteiger partial charge >= 0.3 is 6.01 Å². The second-order valence-corrected chi connectivity index (χ2v) is 5.36. The van der Waals surface area contributed by atoms with E-state index in [1.54, 1.807) is 19.1 Å². The van der Waals surface area contributed by atoms with Crippen molar-refractivity contribution >= 4 is 11.9 Å². The van der Waals surface area contributed by atoms with E-state index in [9.17, 15) is 4.79 Å². The molecule has 0 aliphatic heterocycles. The summed E-state index contributed by atoms with van der Waals surface area (Å²) >= 11 is 0. The minimum absolute atomic E-state index is 0.0777. The van der Waals surface area contributed by atoms with Gasteiger partial charge in [-0.05, 0) is 37.6 Å². The fourth-order valence-electron chi connectivity index (χ4n) is 1.93. The Bertz CT molecular complexity index is 639. The first-order valence-corrected chi connectivity index (χ1v) is 7.52. The van der Waals surface area contributed by atoms with Gasteiger partial charge in [0, 0.05) is 18.7 Å². The van der Waals surface area contributed by atoms with Crippen LogP contribution in [0.5, 0.6) is 5.75 Å². The molecule has 7 nitrogen and oxygen atoms in total. The third-order valence-electron chi connectivity index (χ3n) is 3.49. The highest BCUT2D eigenvalue weighted by Crippen LogP contribution is 2.21. The lowest BCUT2D eigenvalue weighted by Gasteiger charge is -2.16. The predicted molar refractivity (Wildman–Crippen MR) is 87.5 cm³/mol. The number of rotatable bonds is 7. The van der Waals surface area contributed by atoms with Crippen LogP contribution in [0.3, 0.4) is 0 Å². The fraction of sp³-hybridized carbons (Fsp3) is 0.438. The molecule has 0 aliphatic carbocycles. The van der Waals surface area contributed by atoms with E-state index in [4.69, 9.17) is 9.26 Å². The molecule has 0 aliphatic rings. The zero-order valence-electron chi connectivity index (χ0n) is 13.9. The molecule has 0 saturated carbocycles. The van der Waals surface area contributed by atoms with Gasteiger partial charge < -0.3 is 19.5 Å². The van der Waals surface area contributed by atoms with Crippen molar-refractivity contribution in [3.8, 4) is 17.1 Å². The van der Waals surface area contributed by atoms with Gasteiger partial charge in [0.15, 0.2) is 0 Å². The zero-order valence-corrected chi connectivity index (χ0v) is 13.9. The maximum atomic E-state index is 11.9. The van der Waals surface area contributed by atoms with E-state index >= 15 is 0 Å². The van der Waals surface area contributed by atoms with Gasteiger partial charge in [0.25, 0.3) is 0 Å². The van der Waals surface area contributed by atoms with E-state index in [0.717, 1.165) is 17.7 Å². The van der Waals surface area contributed by atoms with Gasteiger partial charge in [0.2, 0.25) is 11.7 Å². The van der Waals surface area contributed by atoms with Gasteiger partial charge in [-0.3, -0.25) is 4.79 Å². The van der Waals surface area contributed by atoms with Gasteiger partial charge in [-0.25, -0.2) is 0 Å². The Labute approximate surface area is 135 Å². The first-order valence-electron chi connectivity index (χ1n) is 7.52. The minimum Gasteiger partial charge on any atom is -0.497 e. The van der Waals surface area contributed by atoms with Crippen molar-refractivity contribution in [3.63, 3.8) is 0 Å². The smallest absolute Gasteiger partial charge is 0.324 e. The fourth-order valence-corrected chi connectivity index (χ4v) is 1.93. The molecule has 1 aromatic heterocycles. The van der Waals surface area contributed by atoms with Gasteiger partial charge in [-0.1, -0.05) is 12.1 Å². The summed E-state index contributed by atoms with van der Waals surface area (Å²) in [7, 11) is 3.35. The van der Waals surface area contributed by atoms with Crippen LogP contribution in [0.25, 0.3) is 11.4 Å². The number of aromatic nitrogens is 2. The number of nitrogens with zero attached hydrogens (tertiary/aromatic N) is 3. The van der Waals surface area contributed by atoms with Crippen LogP contribution in [0.1, 0.15) is 20.3 Å². The molecular weight excluding hydrogens is 296 g/mol. The molecule has 2 aromatic rings. The molecule has 124 valence electrons. The summed E-state index contributed by atoms with van der Waals surface area (Å²) < 4.78 is 10.3. The number of amides is 1. The van der Waals surface area contributed by atoms with E-state index in [2.05, 4.69) is 15.5 Å². The first kappa shape index (κ1) is 16.8. The summed E-state index contributed by atoms with van der Waals surface area (Å²) in [6.45, 7) is 4.15. The predicted octanol–water partition coefficient (Wildman–Crippen LogP) is 2.10. The lowest BCUT2D eigenvalue weighted by Crippen LogP contribution is -2.39. The standard InChI is InChI=1S/C16H22N4O3/c1-5-11(2)17-14(21)10-20(3)16-18-15(19-23-16)12-6-8-13(22-4)9-7-12/h6-9,11H,5,10H2,1-4H3,(H,17,21)/t11-/m1/s1. The highest BCUT2D eigenvalue weighted by molar-refractivity contribution is 5.80. The number of benzene rings is 1. The molecule has 1 heterocycles. The second kappa shape index (κ2) is 7.62. The van der Waals surface area contributed by atoms with E-state index in [0.29, 0.717) is 11.8 Å². The molecular formula is C16H22N4O3. The van der Waals surface area contributed by atoms with E-state index in [1.165, 1.54) is 0 Å². The molecule has 7 heteroatoms. The van der Waals surface area contributed by atoms with Crippen molar-refractivity contribution in [1.82, 2.24) is 15.5 Å². The molecule has 1 aromatic carbocycles. The number of carbonyl (C=O) groups excluding carboxylic acids is 1. The Morgan fingerprint density at radius 2 is 2.09 bits per heavy atom. The quantitative estimate of drug-likeness (QED) is 0.842. The Balaban J connectivity index is 2.01. The van der Waals surface area contributed by atoms with Gasteiger partial charge in [-0.2, -0.15) is 4.98 Å². The van der Waals surface area contributed by atoms with Crippen LogP contribution in [0.15, 0.2) is 28.8 Å². The highest BCUT2D eigenvalue weighted by atomic mass is 16.5. The van der Waals surface area contributed by atoms with Crippen LogP contribution in [-0.4, -0.2) is 42.8 Å². The van der Waals surface area contributed by atoms with E-state index in [-0.39, 0.29) is 18.5 Å². The Morgan fingerprint density at radius 3 is 2.70 bits per heavy atom. The summed E-state index contributed by atoms with van der Waals surface area (Å²) in [6, 6.07) is 7.80. The molecule has 1 N–H and O–H groups in total. The third-order valence-corrected chi connectivity index (χ3v) is 3.49. The number of ether oxygens (including phenoxy) is 1. The topological polar surface area (TPSA) is 80.5 Å². The number of anilines is 1. The molecule has 0 spiro atoms. The molecule has 0 fully saturated rings. The zero-order chi connectivity index (χ0) is 16.8. The molecule has 1 amide bonds. The average Bonchev–Trinajstić information content (AvgIpc) is 3.04. The SMILES string of the molecule is CC[C@@H](C)NC(=O)CN(C)c1nc(-c2ccc(OC)cc2)no1. The van der Waals surface area contributed by atoms with Crippen molar-refractivity contribution in [2.24, 2.45) is 0 Å². The molecule has 0 radical (unpaired) electrons. The summed E-state index contributed by atoms with van der Waals surface area (Å²) in [6.07, 6.45) is 0.887. The Hall–Kier alpha value is -2.57. The number of hydrogen-bond acceptors (Lipinski definition) is 6. The van der Waals surface area contributed by atoms with Crippen molar-refractivity contribution in [2.45, 2.75) is 26.3 Å². The number of hydrogen-bond donors (Lipinski definition) is 1. The normalized spacial score (nSPS) is 11.8. The molecule has 1 atom stereocenters. The number of likely N-dealkylation sites (N-methyl/N-ethyl adjacent to an activating group) is 1. The van der Waals surface area contributed by atoms with Crippen molar-refractivity contribution in [1.29, 1.82) is 0 Å². The van der Waals surface area contributed by atoms with Crippen molar-refractivity contribution < 1.29 is 14.1 Å². The first-order chi connectivity index (χ1) is 11.0. The molecule has 0 saturated heterocycles. The van der Waals surface area contributed by atoms with Crippen LogP contribution < -0.4 is 15.0 Å². The Morgan fingerprint density at radius 1 is 1.39 bits per heavy atom. The summed E-state index contributed by atoms with van der Waals surface area (Å²) in [5.41, 5.74) is 0.818. The molecule has 0 unspecified atom stereocenters. The highest BCUT2D eigenvalue weighted by Gasteiger charge is 2.16. The monoisotopic (exact) mass is 318 g/mol. The molecule has 2 rings (SSSR count). The summed E-state index contributed by atoms with van der Waals surface area (Å²) in [5.74, 6) is 1.15. The summed E-state index contributed by atoms with van der Waals surface area (Å²) in [4.78, 5) is 17.8. The number of carbonyl (C=O) groups is 1. The van der Waals surface area contributed by atoms with Crippen molar-refractivity contribution in [3.05, 3.63) is 24.3 Å². The van der Waals surface area contributed by atoms with E-state index in [1.807, 2.05) is 38.1 Å². The lowest BCUT2D eigenvalue weighted by atomic mass is 10.2. The molecule has 23 heavy (non-hydrogen) atoms. The lowest BCUT2D eigenvalue weighted by molar-refractivity contribution is -0.120. The minimum atomic E-state index is -0.0777. The van der Waals surface area contributed by atoms with Gasteiger partial charge in [0.05, 0.1) is 7.11 Å². The average molecular weight is 318 g/mol. The summed E-state index contributed by atoms with van der Waals surface area (Å²) in [5, 5.41) is 6.84. The maximum Gasteiger partial charge on any atom is 0.324 e. The van der Waals surface area contributed by atoms with Gasteiger partial charge in [0.1, 0.15) is 12.3 Å². The van der Waals surface area contributed by atoms with Crippen molar-refractivity contribution in [2.75, 3.05) is 25.6 Å². The maximum absolute atomic E-state index is 11.9. The third kappa shape index (κ3) is 4.45. The van der Waals surface area contributed by atoms with Gasteiger partial charge in [-0.15, -0.1) is 0 Å². The number of methoxy groups -OCH3 is 1. The number of nitrogens with one attached hydrogen (secondary N) is 1. The largest absolute Gasteiger partial charge is 0.497 e. The van der Waals surface area contributed by atoms with Crippen LogP contribution in [-0.2, 0) is 4.79 Å². The Kier molecular flexibility index (Phi) is 5.56. The van der Waals surface area contributed by atoms with Crippen LogP contribution in [0.2, 0.25) is 0 Å². The molecule has 0 bridgehead atoms. The van der Waals surface area contributed by atoms with Crippen LogP contribution in [0, 0.1) is 0 Å². The van der Waals surface area contributed by atoms with Crippen LogP contribution in [0.4, 0.5) is 6.01 Å². The van der Waals surface area contributed by atoms with E-state index < -0.39 is 0 Å². The van der Waals surface area contributed by atoms with Crippen LogP contribution >= 0.6 is 0 Å². The second-order valence-electron chi connectivity index (χ2n) is 5.36.